The van der Waals surface area contributed by atoms with Gasteiger partial charge in [-0.25, -0.2) is 4.79 Å². The molecule has 8 heteroatoms. The van der Waals surface area contributed by atoms with Crippen LogP contribution in [0.15, 0.2) is 72.8 Å². The third kappa shape index (κ3) is 6.16. The Morgan fingerprint density at radius 3 is 2.31 bits per heavy atom. The summed E-state index contributed by atoms with van der Waals surface area (Å²) < 4.78 is 5.41. The normalized spacial score (nSPS) is 14.8. The van der Waals surface area contributed by atoms with E-state index in [-0.39, 0.29) is 12.5 Å². The summed E-state index contributed by atoms with van der Waals surface area (Å²) in [5.41, 5.74) is 1.32. The van der Waals surface area contributed by atoms with Crippen LogP contribution >= 0.6 is 0 Å². The van der Waals surface area contributed by atoms with Gasteiger partial charge in [0.1, 0.15) is 12.6 Å². The minimum Gasteiger partial charge on any atom is -0.445 e. The average Bonchev–Trinajstić information content (AvgIpc) is 3.16. The Labute approximate surface area is 204 Å². The van der Waals surface area contributed by atoms with Gasteiger partial charge in [-0.3, -0.25) is 9.59 Å². The molecule has 1 saturated heterocycles. The first-order valence-electron chi connectivity index (χ1n) is 11.7. The van der Waals surface area contributed by atoms with Crippen LogP contribution in [0.4, 0.5) is 4.79 Å². The van der Waals surface area contributed by atoms with E-state index in [2.05, 4.69) is 5.32 Å². The van der Waals surface area contributed by atoms with Gasteiger partial charge in [0.15, 0.2) is 0 Å². The summed E-state index contributed by atoms with van der Waals surface area (Å²) >= 11 is 0. The van der Waals surface area contributed by atoms with E-state index >= 15 is 0 Å². The Hall–Kier alpha value is -3.91. The molecule has 0 spiro atoms. The molecule has 1 heterocycles. The van der Waals surface area contributed by atoms with Crippen LogP contribution in [-0.2, 0) is 16.1 Å². The van der Waals surface area contributed by atoms with E-state index < -0.39 is 24.6 Å². The molecular weight excluding hydrogens is 446 g/mol. The van der Waals surface area contributed by atoms with Crippen LogP contribution < -0.4 is 5.32 Å². The molecule has 1 atom stereocenters. The van der Waals surface area contributed by atoms with Crippen molar-refractivity contribution in [2.75, 3.05) is 32.8 Å². The minimum atomic E-state index is -1.06. The van der Waals surface area contributed by atoms with Crippen LogP contribution in [0.25, 0.3) is 10.8 Å². The van der Waals surface area contributed by atoms with Gasteiger partial charge >= 0.3 is 6.09 Å². The fraction of sp³-hybridized carbons (Fsp3) is 0.296. The molecule has 35 heavy (non-hydrogen) atoms. The van der Waals surface area contributed by atoms with Crippen molar-refractivity contribution in [2.45, 2.75) is 19.1 Å². The summed E-state index contributed by atoms with van der Waals surface area (Å²) in [6.07, 6.45) is 0.148. The number of benzene rings is 3. The molecule has 3 aromatic rings. The molecule has 4 rings (SSSR count). The highest BCUT2D eigenvalue weighted by Crippen LogP contribution is 2.16. The Bertz CT molecular complexity index is 1180. The third-order valence-electron chi connectivity index (χ3n) is 6.07. The van der Waals surface area contributed by atoms with Gasteiger partial charge in [0.05, 0.1) is 6.61 Å². The number of aliphatic hydroxyl groups excluding tert-OH is 1. The highest BCUT2D eigenvalue weighted by molar-refractivity contribution is 6.00. The van der Waals surface area contributed by atoms with Crippen molar-refractivity contribution >= 4 is 28.7 Å². The first kappa shape index (κ1) is 24.2. The van der Waals surface area contributed by atoms with Gasteiger partial charge in [-0.2, -0.15) is 0 Å². The highest BCUT2D eigenvalue weighted by Gasteiger charge is 2.29. The van der Waals surface area contributed by atoms with Gasteiger partial charge in [0, 0.05) is 31.7 Å². The first-order valence-corrected chi connectivity index (χ1v) is 11.7. The zero-order valence-corrected chi connectivity index (χ0v) is 19.4. The number of hydrogen-bond donors (Lipinski definition) is 2. The number of nitrogens with zero attached hydrogens (tertiary/aromatic N) is 2. The van der Waals surface area contributed by atoms with Crippen LogP contribution in [0, 0.1) is 0 Å². The van der Waals surface area contributed by atoms with Crippen molar-refractivity contribution < 1.29 is 24.2 Å². The fourth-order valence-corrected chi connectivity index (χ4v) is 4.11. The zero-order chi connectivity index (χ0) is 24.6. The van der Waals surface area contributed by atoms with Crippen molar-refractivity contribution in [2.24, 2.45) is 0 Å². The Kier molecular flexibility index (Phi) is 7.95. The molecule has 0 saturated carbocycles. The van der Waals surface area contributed by atoms with Gasteiger partial charge in [-0.15, -0.1) is 0 Å². The largest absolute Gasteiger partial charge is 0.445 e. The van der Waals surface area contributed by atoms with Crippen LogP contribution in [0.1, 0.15) is 22.3 Å². The number of rotatable bonds is 6. The molecule has 8 nitrogen and oxygen atoms in total. The molecule has 182 valence electrons. The first-order chi connectivity index (χ1) is 17.0. The summed E-state index contributed by atoms with van der Waals surface area (Å²) in [7, 11) is 0. The number of hydrogen-bond acceptors (Lipinski definition) is 5. The Balaban J connectivity index is 1.32. The minimum absolute atomic E-state index is 0.187. The number of carbonyl (C=O) groups is 3. The Morgan fingerprint density at radius 1 is 0.857 bits per heavy atom. The van der Waals surface area contributed by atoms with Gasteiger partial charge in [0.2, 0.25) is 5.91 Å². The van der Waals surface area contributed by atoms with E-state index in [9.17, 15) is 19.5 Å². The van der Waals surface area contributed by atoms with Crippen molar-refractivity contribution in [3.63, 3.8) is 0 Å². The zero-order valence-electron chi connectivity index (χ0n) is 19.4. The van der Waals surface area contributed by atoms with E-state index in [4.69, 9.17) is 4.74 Å². The van der Waals surface area contributed by atoms with E-state index in [0.29, 0.717) is 38.2 Å². The summed E-state index contributed by atoms with van der Waals surface area (Å²) in [5, 5.41) is 14.4. The molecule has 0 radical (unpaired) electrons. The number of amides is 3. The predicted octanol–water partition coefficient (Wildman–Crippen LogP) is 2.80. The quantitative estimate of drug-likeness (QED) is 0.571. The molecule has 1 fully saturated rings. The maximum Gasteiger partial charge on any atom is 0.410 e. The molecule has 0 bridgehead atoms. The molecule has 0 aromatic heterocycles. The van der Waals surface area contributed by atoms with Crippen LogP contribution in [0.3, 0.4) is 0 Å². The molecule has 1 aliphatic heterocycles. The van der Waals surface area contributed by atoms with E-state index in [1.807, 2.05) is 60.7 Å². The topological polar surface area (TPSA) is 99.2 Å². The van der Waals surface area contributed by atoms with Crippen molar-refractivity contribution in [3.8, 4) is 0 Å². The molecule has 2 N–H and O–H groups in total. The van der Waals surface area contributed by atoms with E-state index in [0.717, 1.165) is 16.3 Å². The summed E-state index contributed by atoms with van der Waals surface area (Å²) in [6, 6.07) is 21.4. The van der Waals surface area contributed by atoms with Gasteiger partial charge in [-0.05, 0) is 34.9 Å². The van der Waals surface area contributed by atoms with E-state index in [1.54, 1.807) is 21.9 Å². The second kappa shape index (κ2) is 11.5. The number of aliphatic hydroxyl groups is 1. The lowest BCUT2D eigenvalue weighted by atomic mass is 10.1. The number of fused-ring (bicyclic) bond motifs is 1. The molecule has 1 aliphatic rings. The number of nitrogens with one attached hydrogen (secondary N) is 1. The monoisotopic (exact) mass is 475 g/mol. The second-order valence-corrected chi connectivity index (χ2v) is 8.48. The van der Waals surface area contributed by atoms with Crippen LogP contribution in [0.2, 0.25) is 0 Å². The smallest absolute Gasteiger partial charge is 0.410 e. The van der Waals surface area contributed by atoms with Crippen LogP contribution in [0.5, 0.6) is 0 Å². The molecule has 3 amide bonds. The van der Waals surface area contributed by atoms with Gasteiger partial charge in [0.25, 0.3) is 5.91 Å². The second-order valence-electron chi connectivity index (χ2n) is 8.48. The van der Waals surface area contributed by atoms with Gasteiger partial charge in [-0.1, -0.05) is 60.7 Å². The van der Waals surface area contributed by atoms with Crippen molar-refractivity contribution in [1.82, 2.24) is 15.1 Å². The fourth-order valence-electron chi connectivity index (χ4n) is 4.11. The van der Waals surface area contributed by atoms with Crippen molar-refractivity contribution in [3.05, 3.63) is 83.9 Å². The number of carbonyl (C=O) groups excluding carboxylic acids is 3. The van der Waals surface area contributed by atoms with Crippen LogP contribution in [-0.4, -0.2) is 71.6 Å². The third-order valence-corrected chi connectivity index (χ3v) is 6.07. The predicted molar refractivity (Wildman–Crippen MR) is 132 cm³/mol. The molecule has 0 unspecified atom stereocenters. The highest BCUT2D eigenvalue weighted by atomic mass is 16.6. The maximum absolute atomic E-state index is 13.1. The number of ether oxygens (including phenoxy) is 1. The summed E-state index contributed by atoms with van der Waals surface area (Å²) in [5.74, 6) is -0.801. The molecule has 0 aliphatic carbocycles. The average molecular weight is 476 g/mol. The summed E-state index contributed by atoms with van der Waals surface area (Å²) in [6.45, 7) is 1.16. The lowest BCUT2D eigenvalue weighted by Gasteiger charge is -2.26. The standard InChI is InChI=1S/C27H29N3O5/c31-18-24(28-25(32)23-12-11-21-9-4-5-10-22(21)17-23)26(33)29-13-6-14-30(16-15-29)27(34)35-19-20-7-2-1-3-8-20/h1-5,7-12,17,24,31H,6,13-16,18-19H2,(H,28,32)/t24-/m0/s1. The summed E-state index contributed by atoms with van der Waals surface area (Å²) in [4.78, 5) is 41.5. The lowest BCUT2D eigenvalue weighted by molar-refractivity contribution is -0.134. The molecule has 3 aromatic carbocycles. The van der Waals surface area contributed by atoms with Crippen molar-refractivity contribution in [1.29, 1.82) is 0 Å². The maximum atomic E-state index is 13.1. The Morgan fingerprint density at radius 2 is 1.54 bits per heavy atom. The SMILES string of the molecule is O=C(N[C@@H](CO)C(=O)N1CCCN(C(=O)OCc2ccccc2)CC1)c1ccc2ccccc2c1. The van der Waals surface area contributed by atoms with E-state index in [1.165, 1.54) is 0 Å². The molecular formula is C27H29N3O5. The lowest BCUT2D eigenvalue weighted by Crippen LogP contribution is -2.51. The van der Waals surface area contributed by atoms with Gasteiger partial charge < -0.3 is 25.0 Å².